The maximum atomic E-state index is 12.2. The third-order valence-electron chi connectivity index (χ3n) is 3.22. The summed E-state index contributed by atoms with van der Waals surface area (Å²) in [6, 6.07) is 0.519. The van der Waals surface area contributed by atoms with Crippen LogP contribution < -0.4 is 0 Å². The Hall–Kier alpha value is -0.440. The monoisotopic (exact) mass is 211 g/mol. The highest BCUT2D eigenvalue weighted by Crippen LogP contribution is 2.40. The summed E-state index contributed by atoms with van der Waals surface area (Å²) in [4.78, 5) is 14.3. The molecule has 1 amide bonds. The first-order chi connectivity index (χ1) is 6.67. The second-order valence-corrected chi connectivity index (χ2v) is 5.85. The maximum Gasteiger partial charge on any atom is 0.239 e. The van der Waals surface area contributed by atoms with Crippen LogP contribution >= 0.6 is 11.8 Å². The number of fused-ring (bicyclic) bond motifs is 1. The third kappa shape index (κ3) is 1.48. The molecule has 2 aliphatic rings. The van der Waals surface area contributed by atoms with Crippen LogP contribution in [-0.2, 0) is 4.79 Å². The van der Waals surface area contributed by atoms with Gasteiger partial charge in [-0.25, -0.2) is 0 Å². The van der Waals surface area contributed by atoms with Gasteiger partial charge >= 0.3 is 0 Å². The van der Waals surface area contributed by atoms with Crippen LogP contribution in [0.4, 0.5) is 0 Å². The highest BCUT2D eigenvalue weighted by molar-refractivity contribution is 8.01. The van der Waals surface area contributed by atoms with Crippen LogP contribution in [0.5, 0.6) is 0 Å². The number of carbonyl (C=O) groups is 1. The molecule has 0 aromatic rings. The molecular weight excluding hydrogens is 194 g/mol. The lowest BCUT2D eigenvalue weighted by Gasteiger charge is -2.40. The summed E-state index contributed by atoms with van der Waals surface area (Å²) in [5, 5.41) is 0. The van der Waals surface area contributed by atoms with Gasteiger partial charge in [-0.3, -0.25) is 4.79 Å². The minimum atomic E-state index is -0.234. The quantitative estimate of drug-likeness (QED) is 0.652. The highest BCUT2D eigenvalue weighted by atomic mass is 32.2. The molecule has 0 bridgehead atoms. The van der Waals surface area contributed by atoms with Gasteiger partial charge in [0.15, 0.2) is 0 Å². The second-order valence-electron chi connectivity index (χ2n) is 4.33. The Balaban J connectivity index is 2.16. The molecule has 2 nitrogen and oxygen atoms in total. The standard InChI is InChI=1S/C11H17NOS/c1-3-6-11(2)10(13)12-7-4-5-9(12)8-14-11/h3,9H,1,4-8H2,2H3/t9-,11-/m0/s1. The molecule has 2 aliphatic heterocycles. The van der Waals surface area contributed by atoms with E-state index < -0.39 is 0 Å². The van der Waals surface area contributed by atoms with Crippen LogP contribution in [0.15, 0.2) is 12.7 Å². The molecule has 0 aromatic carbocycles. The van der Waals surface area contributed by atoms with Gasteiger partial charge in [-0.05, 0) is 26.2 Å². The number of carbonyl (C=O) groups excluding carboxylic acids is 1. The normalized spacial score (nSPS) is 37.1. The van der Waals surface area contributed by atoms with Gasteiger partial charge in [-0.15, -0.1) is 18.3 Å². The Morgan fingerprint density at radius 2 is 2.57 bits per heavy atom. The minimum Gasteiger partial charge on any atom is -0.338 e. The summed E-state index contributed by atoms with van der Waals surface area (Å²) >= 11 is 1.81. The number of thioether (sulfide) groups is 1. The molecule has 0 N–H and O–H groups in total. The smallest absolute Gasteiger partial charge is 0.239 e. The van der Waals surface area contributed by atoms with Crippen molar-refractivity contribution >= 4 is 17.7 Å². The minimum absolute atomic E-state index is 0.234. The van der Waals surface area contributed by atoms with Gasteiger partial charge < -0.3 is 4.90 Å². The molecule has 0 spiro atoms. The Kier molecular flexibility index (Phi) is 2.60. The third-order valence-corrected chi connectivity index (χ3v) is 4.75. The topological polar surface area (TPSA) is 20.3 Å². The summed E-state index contributed by atoms with van der Waals surface area (Å²) in [6.45, 7) is 6.76. The average molecular weight is 211 g/mol. The van der Waals surface area contributed by atoms with Crippen LogP contribution in [0.25, 0.3) is 0 Å². The zero-order valence-electron chi connectivity index (χ0n) is 8.66. The molecule has 2 rings (SSSR count). The van der Waals surface area contributed by atoms with Gasteiger partial charge in [0.1, 0.15) is 0 Å². The molecule has 0 saturated carbocycles. The van der Waals surface area contributed by atoms with Crippen LogP contribution in [0, 0.1) is 0 Å². The molecule has 0 radical (unpaired) electrons. The van der Waals surface area contributed by atoms with Crippen molar-refractivity contribution in [2.75, 3.05) is 12.3 Å². The van der Waals surface area contributed by atoms with E-state index in [0.29, 0.717) is 11.9 Å². The fourth-order valence-electron chi connectivity index (χ4n) is 2.34. The van der Waals surface area contributed by atoms with E-state index in [1.165, 1.54) is 12.8 Å². The summed E-state index contributed by atoms with van der Waals surface area (Å²) in [5.74, 6) is 1.44. The molecule has 2 fully saturated rings. The SMILES string of the molecule is C=CC[C@]1(C)SC[C@@H]2CCCN2C1=O. The lowest BCUT2D eigenvalue weighted by molar-refractivity contribution is -0.134. The number of allylic oxidation sites excluding steroid dienone is 1. The predicted molar refractivity (Wildman–Crippen MR) is 60.4 cm³/mol. The molecule has 0 aromatic heterocycles. The van der Waals surface area contributed by atoms with E-state index in [9.17, 15) is 4.79 Å². The van der Waals surface area contributed by atoms with Gasteiger partial charge in [-0.2, -0.15) is 0 Å². The van der Waals surface area contributed by atoms with Crippen LogP contribution in [0.1, 0.15) is 26.2 Å². The van der Waals surface area contributed by atoms with Gasteiger partial charge in [0.25, 0.3) is 0 Å². The number of hydrogen-bond acceptors (Lipinski definition) is 2. The van der Waals surface area contributed by atoms with E-state index in [2.05, 4.69) is 18.4 Å². The predicted octanol–water partition coefficient (Wildman–Crippen LogP) is 2.06. The summed E-state index contributed by atoms with van der Waals surface area (Å²) in [7, 11) is 0. The summed E-state index contributed by atoms with van der Waals surface area (Å²) in [6.07, 6.45) is 5.03. The van der Waals surface area contributed by atoms with E-state index in [4.69, 9.17) is 0 Å². The van der Waals surface area contributed by atoms with Gasteiger partial charge in [0.2, 0.25) is 5.91 Å². The fraction of sp³-hybridized carbons (Fsp3) is 0.727. The molecule has 78 valence electrons. The van der Waals surface area contributed by atoms with Crippen molar-refractivity contribution in [2.24, 2.45) is 0 Å². The first-order valence-electron chi connectivity index (χ1n) is 5.23. The van der Waals surface area contributed by atoms with Crippen molar-refractivity contribution < 1.29 is 4.79 Å². The van der Waals surface area contributed by atoms with E-state index in [0.717, 1.165) is 18.7 Å². The van der Waals surface area contributed by atoms with Crippen molar-refractivity contribution in [1.82, 2.24) is 4.90 Å². The summed E-state index contributed by atoms with van der Waals surface area (Å²) in [5.41, 5.74) is 0. The second kappa shape index (κ2) is 3.61. The highest BCUT2D eigenvalue weighted by Gasteiger charge is 2.45. The largest absolute Gasteiger partial charge is 0.338 e. The molecule has 0 unspecified atom stereocenters. The molecule has 2 heterocycles. The van der Waals surface area contributed by atoms with E-state index in [1.54, 1.807) is 0 Å². The zero-order valence-corrected chi connectivity index (χ0v) is 9.48. The first kappa shape index (κ1) is 10.1. The van der Waals surface area contributed by atoms with E-state index >= 15 is 0 Å². The van der Waals surface area contributed by atoms with Crippen LogP contribution in [0.2, 0.25) is 0 Å². The van der Waals surface area contributed by atoms with Crippen molar-refractivity contribution in [3.8, 4) is 0 Å². The first-order valence-corrected chi connectivity index (χ1v) is 6.22. The van der Waals surface area contributed by atoms with Crippen molar-refractivity contribution in [2.45, 2.75) is 37.0 Å². The van der Waals surface area contributed by atoms with Crippen LogP contribution in [-0.4, -0.2) is 33.9 Å². The van der Waals surface area contributed by atoms with Crippen LogP contribution in [0.3, 0.4) is 0 Å². The van der Waals surface area contributed by atoms with Crippen molar-refractivity contribution in [3.05, 3.63) is 12.7 Å². The Morgan fingerprint density at radius 1 is 1.79 bits per heavy atom. The van der Waals surface area contributed by atoms with E-state index in [-0.39, 0.29) is 4.75 Å². The number of hydrogen-bond donors (Lipinski definition) is 0. The Bertz CT molecular complexity index is 266. The van der Waals surface area contributed by atoms with E-state index in [1.807, 2.05) is 17.8 Å². The van der Waals surface area contributed by atoms with Gasteiger partial charge in [-0.1, -0.05) is 6.08 Å². The lowest BCUT2D eigenvalue weighted by Crippen LogP contribution is -2.52. The number of amides is 1. The zero-order chi connectivity index (χ0) is 10.2. The summed E-state index contributed by atoms with van der Waals surface area (Å²) < 4.78 is -0.234. The number of rotatable bonds is 2. The molecule has 0 aliphatic carbocycles. The maximum absolute atomic E-state index is 12.2. The van der Waals surface area contributed by atoms with Crippen molar-refractivity contribution in [1.29, 1.82) is 0 Å². The molecule has 14 heavy (non-hydrogen) atoms. The molecule has 2 atom stereocenters. The molecule has 3 heteroatoms. The molecular formula is C11H17NOS. The lowest BCUT2D eigenvalue weighted by atomic mass is 10.0. The fourth-order valence-corrected chi connectivity index (χ4v) is 3.73. The van der Waals surface area contributed by atoms with Crippen molar-refractivity contribution in [3.63, 3.8) is 0 Å². The molecule has 2 saturated heterocycles. The average Bonchev–Trinajstić information content (AvgIpc) is 2.61. The van der Waals surface area contributed by atoms with Gasteiger partial charge in [0, 0.05) is 18.3 Å². The van der Waals surface area contributed by atoms with Gasteiger partial charge in [0.05, 0.1) is 4.75 Å². The Labute approximate surface area is 89.7 Å². The Morgan fingerprint density at radius 3 is 3.29 bits per heavy atom. The number of nitrogens with zero attached hydrogens (tertiary/aromatic N) is 1.